The average molecular weight is 314 g/mol. The summed E-state index contributed by atoms with van der Waals surface area (Å²) in [5.41, 5.74) is 3.40. The zero-order valence-corrected chi connectivity index (χ0v) is 14.7. The number of hydrogen-bond donors (Lipinski definition) is 0. The van der Waals surface area contributed by atoms with Crippen molar-refractivity contribution in [1.82, 2.24) is 14.7 Å². The van der Waals surface area contributed by atoms with E-state index in [-0.39, 0.29) is 0 Å². The maximum atomic E-state index is 5.21. The van der Waals surface area contributed by atoms with Crippen molar-refractivity contribution >= 4 is 6.21 Å². The Kier molecular flexibility index (Phi) is 4.28. The van der Waals surface area contributed by atoms with Crippen molar-refractivity contribution in [2.75, 3.05) is 0 Å². The summed E-state index contributed by atoms with van der Waals surface area (Å²) in [6.45, 7) is 10.6. The van der Waals surface area contributed by atoms with Gasteiger partial charge in [-0.05, 0) is 59.9 Å². The molecule has 2 atom stereocenters. The number of aromatic nitrogens is 2. The van der Waals surface area contributed by atoms with Crippen LogP contribution in [0.15, 0.2) is 21.8 Å². The fraction of sp³-hybridized carbons (Fsp3) is 0.556. The van der Waals surface area contributed by atoms with Crippen molar-refractivity contribution in [3.8, 4) is 5.82 Å². The SMILES string of the molecule is Cc1cc(-n2c(C)cc(/C=N\N3[C@H](C)CCC[C@H]3C)c2C)no1. The molecule has 5 nitrogen and oxygen atoms in total. The molecule has 0 bridgehead atoms. The van der Waals surface area contributed by atoms with Crippen molar-refractivity contribution in [3.63, 3.8) is 0 Å². The Morgan fingerprint density at radius 1 is 1.17 bits per heavy atom. The van der Waals surface area contributed by atoms with E-state index in [4.69, 9.17) is 9.62 Å². The quantitative estimate of drug-likeness (QED) is 0.805. The van der Waals surface area contributed by atoms with Crippen LogP contribution < -0.4 is 0 Å². The Hall–Kier alpha value is -2.04. The fourth-order valence-corrected chi connectivity index (χ4v) is 3.49. The summed E-state index contributed by atoms with van der Waals surface area (Å²) in [6.07, 6.45) is 5.73. The summed E-state index contributed by atoms with van der Waals surface area (Å²) < 4.78 is 7.32. The van der Waals surface area contributed by atoms with Crippen LogP contribution in [0.2, 0.25) is 0 Å². The minimum atomic E-state index is 0.511. The van der Waals surface area contributed by atoms with Crippen LogP contribution in [0.3, 0.4) is 0 Å². The molecule has 0 saturated carbocycles. The molecular weight excluding hydrogens is 288 g/mol. The molecule has 1 aliphatic heterocycles. The zero-order valence-electron chi connectivity index (χ0n) is 14.7. The topological polar surface area (TPSA) is 46.6 Å². The van der Waals surface area contributed by atoms with Crippen molar-refractivity contribution in [3.05, 3.63) is 34.8 Å². The molecule has 23 heavy (non-hydrogen) atoms. The largest absolute Gasteiger partial charge is 0.360 e. The van der Waals surface area contributed by atoms with Gasteiger partial charge in [0.2, 0.25) is 0 Å². The Morgan fingerprint density at radius 2 is 1.87 bits per heavy atom. The molecule has 0 spiro atoms. The zero-order chi connectivity index (χ0) is 16.6. The van der Waals surface area contributed by atoms with Gasteiger partial charge < -0.3 is 4.52 Å². The molecule has 3 rings (SSSR count). The van der Waals surface area contributed by atoms with Crippen LogP contribution in [-0.4, -0.2) is 33.0 Å². The monoisotopic (exact) mass is 314 g/mol. The second kappa shape index (κ2) is 6.22. The second-order valence-corrected chi connectivity index (χ2v) is 6.71. The fourth-order valence-electron chi connectivity index (χ4n) is 3.49. The van der Waals surface area contributed by atoms with Gasteiger partial charge >= 0.3 is 0 Å². The van der Waals surface area contributed by atoms with E-state index in [1.165, 1.54) is 19.3 Å². The predicted molar refractivity (Wildman–Crippen MR) is 92.2 cm³/mol. The van der Waals surface area contributed by atoms with Crippen molar-refractivity contribution in [1.29, 1.82) is 0 Å². The third-order valence-electron chi connectivity index (χ3n) is 4.79. The number of aryl methyl sites for hydroxylation is 2. The lowest BCUT2D eigenvalue weighted by Crippen LogP contribution is -2.39. The van der Waals surface area contributed by atoms with Crippen molar-refractivity contribution < 1.29 is 4.52 Å². The highest BCUT2D eigenvalue weighted by Crippen LogP contribution is 2.24. The van der Waals surface area contributed by atoms with E-state index in [0.29, 0.717) is 12.1 Å². The third-order valence-corrected chi connectivity index (χ3v) is 4.79. The highest BCUT2D eigenvalue weighted by atomic mass is 16.5. The molecule has 3 heterocycles. The standard InChI is InChI=1S/C18H26N4O/c1-12-7-6-8-13(2)22(12)19-11-17-9-14(3)21(16(17)5)18-10-15(4)23-20-18/h9-13H,6-8H2,1-5H3/b19-11-/t12-,13-/m1/s1. The minimum absolute atomic E-state index is 0.511. The van der Waals surface area contributed by atoms with Gasteiger partial charge in [-0.3, -0.25) is 9.58 Å². The summed E-state index contributed by atoms with van der Waals surface area (Å²) >= 11 is 0. The van der Waals surface area contributed by atoms with Gasteiger partial charge in [-0.15, -0.1) is 0 Å². The van der Waals surface area contributed by atoms with Crippen LogP contribution in [-0.2, 0) is 0 Å². The lowest BCUT2D eigenvalue weighted by molar-refractivity contribution is 0.109. The molecule has 0 aliphatic carbocycles. The van der Waals surface area contributed by atoms with Gasteiger partial charge in [-0.1, -0.05) is 5.16 Å². The van der Waals surface area contributed by atoms with Gasteiger partial charge in [0.05, 0.1) is 6.21 Å². The van der Waals surface area contributed by atoms with Crippen LogP contribution in [0.4, 0.5) is 0 Å². The Morgan fingerprint density at radius 3 is 2.48 bits per heavy atom. The predicted octanol–water partition coefficient (Wildman–Crippen LogP) is 3.99. The van der Waals surface area contributed by atoms with Crippen molar-refractivity contribution in [2.24, 2.45) is 5.10 Å². The van der Waals surface area contributed by atoms with E-state index in [9.17, 15) is 0 Å². The molecule has 1 fully saturated rings. The molecule has 0 N–H and O–H groups in total. The summed E-state index contributed by atoms with van der Waals surface area (Å²) in [5.74, 6) is 1.65. The van der Waals surface area contributed by atoms with E-state index in [1.807, 2.05) is 19.2 Å². The van der Waals surface area contributed by atoms with Crippen LogP contribution in [0.25, 0.3) is 5.82 Å². The van der Waals surface area contributed by atoms with Crippen LogP contribution >= 0.6 is 0 Å². The Bertz CT molecular complexity index is 703. The first-order valence-electron chi connectivity index (χ1n) is 8.42. The summed E-state index contributed by atoms with van der Waals surface area (Å²) in [4.78, 5) is 0. The molecular formula is C18H26N4O. The molecule has 0 unspecified atom stereocenters. The molecule has 1 saturated heterocycles. The van der Waals surface area contributed by atoms with Gasteiger partial charge in [0.25, 0.3) is 0 Å². The number of hydrazone groups is 1. The van der Waals surface area contributed by atoms with E-state index >= 15 is 0 Å². The molecule has 5 heteroatoms. The number of hydrogen-bond acceptors (Lipinski definition) is 4. The highest BCUT2D eigenvalue weighted by molar-refractivity contribution is 5.82. The smallest absolute Gasteiger partial charge is 0.180 e. The second-order valence-electron chi connectivity index (χ2n) is 6.71. The number of piperidine rings is 1. The first kappa shape index (κ1) is 15.8. The van der Waals surface area contributed by atoms with E-state index in [2.05, 4.69) is 48.5 Å². The van der Waals surface area contributed by atoms with Gasteiger partial charge in [-0.2, -0.15) is 5.10 Å². The number of nitrogens with zero attached hydrogens (tertiary/aromatic N) is 4. The third kappa shape index (κ3) is 3.05. The summed E-state index contributed by atoms with van der Waals surface area (Å²) in [7, 11) is 0. The molecule has 2 aromatic heterocycles. The molecule has 2 aromatic rings. The van der Waals surface area contributed by atoms with Crippen LogP contribution in [0.5, 0.6) is 0 Å². The lowest BCUT2D eigenvalue weighted by atomic mass is 10.00. The maximum Gasteiger partial charge on any atom is 0.180 e. The van der Waals surface area contributed by atoms with Gasteiger partial charge in [0, 0.05) is 35.1 Å². The van der Waals surface area contributed by atoms with E-state index in [1.54, 1.807) is 0 Å². The normalized spacial score (nSPS) is 22.2. The van der Waals surface area contributed by atoms with Crippen LogP contribution in [0, 0.1) is 20.8 Å². The first-order chi connectivity index (χ1) is 11.0. The van der Waals surface area contributed by atoms with E-state index < -0.39 is 0 Å². The maximum absolute atomic E-state index is 5.21. The molecule has 1 aliphatic rings. The Labute approximate surface area is 138 Å². The van der Waals surface area contributed by atoms with Gasteiger partial charge in [-0.25, -0.2) is 0 Å². The van der Waals surface area contributed by atoms with Gasteiger partial charge in [0.1, 0.15) is 5.76 Å². The van der Waals surface area contributed by atoms with Gasteiger partial charge in [0.15, 0.2) is 5.82 Å². The van der Waals surface area contributed by atoms with Crippen LogP contribution in [0.1, 0.15) is 55.8 Å². The number of rotatable bonds is 3. The lowest BCUT2D eigenvalue weighted by Gasteiger charge is -2.36. The first-order valence-corrected chi connectivity index (χ1v) is 8.42. The van der Waals surface area contributed by atoms with E-state index in [0.717, 1.165) is 28.5 Å². The minimum Gasteiger partial charge on any atom is -0.360 e. The Balaban J connectivity index is 1.88. The summed E-state index contributed by atoms with van der Waals surface area (Å²) in [6, 6.07) is 5.13. The molecule has 124 valence electrons. The highest BCUT2D eigenvalue weighted by Gasteiger charge is 2.23. The molecule has 0 radical (unpaired) electrons. The van der Waals surface area contributed by atoms with Crippen molar-refractivity contribution in [2.45, 2.75) is 66.0 Å². The summed E-state index contributed by atoms with van der Waals surface area (Å²) in [5, 5.41) is 11.2. The average Bonchev–Trinajstić information content (AvgIpc) is 3.02. The molecule has 0 aromatic carbocycles. The molecule has 0 amide bonds.